The van der Waals surface area contributed by atoms with Crippen LogP contribution in [0.2, 0.25) is 0 Å². The van der Waals surface area contributed by atoms with Gasteiger partial charge in [-0.05, 0) is 13.8 Å². The van der Waals surface area contributed by atoms with E-state index < -0.39 is 0 Å². The highest BCUT2D eigenvalue weighted by molar-refractivity contribution is 5.62. The van der Waals surface area contributed by atoms with Crippen molar-refractivity contribution in [3.63, 3.8) is 0 Å². The van der Waals surface area contributed by atoms with Crippen LogP contribution in [0.3, 0.4) is 0 Å². The van der Waals surface area contributed by atoms with Crippen LogP contribution >= 0.6 is 0 Å². The zero-order valence-corrected chi connectivity index (χ0v) is 9.16. The SMILES string of the molecule is CNc1nc(-c2ccc(C)cc2)c(C)o1. The number of anilines is 1. The molecule has 0 aliphatic carbocycles. The third-order valence-electron chi connectivity index (χ3n) is 2.34. The van der Waals surface area contributed by atoms with Gasteiger partial charge in [-0.2, -0.15) is 4.98 Å². The van der Waals surface area contributed by atoms with Crippen molar-refractivity contribution in [3.8, 4) is 11.3 Å². The fraction of sp³-hybridized carbons (Fsp3) is 0.250. The summed E-state index contributed by atoms with van der Waals surface area (Å²) >= 11 is 0. The Morgan fingerprint density at radius 1 is 1.13 bits per heavy atom. The molecule has 0 aliphatic rings. The van der Waals surface area contributed by atoms with Crippen LogP contribution in [0.25, 0.3) is 11.3 Å². The van der Waals surface area contributed by atoms with Crippen LogP contribution in [0.15, 0.2) is 28.7 Å². The lowest BCUT2D eigenvalue weighted by Crippen LogP contribution is -1.87. The first-order chi connectivity index (χ1) is 7.20. The van der Waals surface area contributed by atoms with Crippen LogP contribution in [0, 0.1) is 13.8 Å². The largest absolute Gasteiger partial charge is 0.428 e. The minimum atomic E-state index is 0.558. The fourth-order valence-electron chi connectivity index (χ4n) is 1.48. The zero-order chi connectivity index (χ0) is 10.8. The smallest absolute Gasteiger partial charge is 0.295 e. The average Bonchev–Trinajstić information content (AvgIpc) is 2.61. The quantitative estimate of drug-likeness (QED) is 0.813. The van der Waals surface area contributed by atoms with Gasteiger partial charge in [0.1, 0.15) is 11.5 Å². The van der Waals surface area contributed by atoms with Crippen molar-refractivity contribution in [1.82, 2.24) is 4.98 Å². The number of nitrogens with one attached hydrogen (secondary N) is 1. The second kappa shape index (κ2) is 3.77. The second-order valence-corrected chi connectivity index (χ2v) is 3.54. The Balaban J connectivity index is 2.44. The molecule has 0 amide bonds. The molecule has 2 rings (SSSR count). The first-order valence-corrected chi connectivity index (χ1v) is 4.93. The third-order valence-corrected chi connectivity index (χ3v) is 2.34. The molecule has 0 fully saturated rings. The van der Waals surface area contributed by atoms with Gasteiger partial charge in [0.2, 0.25) is 0 Å². The molecular weight excluding hydrogens is 188 g/mol. The molecule has 1 aromatic heterocycles. The first-order valence-electron chi connectivity index (χ1n) is 4.93. The molecule has 0 atom stereocenters. The Bertz CT molecular complexity index is 457. The van der Waals surface area contributed by atoms with Gasteiger partial charge in [-0.3, -0.25) is 0 Å². The topological polar surface area (TPSA) is 38.1 Å². The number of aryl methyl sites for hydroxylation is 2. The van der Waals surface area contributed by atoms with E-state index in [0.717, 1.165) is 17.0 Å². The summed E-state index contributed by atoms with van der Waals surface area (Å²) in [5, 5.41) is 2.89. The highest BCUT2D eigenvalue weighted by Crippen LogP contribution is 2.25. The van der Waals surface area contributed by atoms with E-state index in [0.29, 0.717) is 6.01 Å². The van der Waals surface area contributed by atoms with Gasteiger partial charge in [0.05, 0.1) is 0 Å². The summed E-state index contributed by atoms with van der Waals surface area (Å²) in [6, 6.07) is 8.81. The number of hydrogen-bond donors (Lipinski definition) is 1. The van der Waals surface area contributed by atoms with Gasteiger partial charge in [0, 0.05) is 12.6 Å². The number of aromatic nitrogens is 1. The Kier molecular flexibility index (Phi) is 2.46. The third kappa shape index (κ3) is 1.86. The number of rotatable bonds is 2. The minimum absolute atomic E-state index is 0.558. The normalized spacial score (nSPS) is 10.3. The summed E-state index contributed by atoms with van der Waals surface area (Å²) in [4.78, 5) is 4.35. The van der Waals surface area contributed by atoms with E-state index in [2.05, 4.69) is 41.5 Å². The van der Waals surface area contributed by atoms with Gasteiger partial charge in [-0.25, -0.2) is 0 Å². The van der Waals surface area contributed by atoms with Crippen molar-refractivity contribution in [1.29, 1.82) is 0 Å². The zero-order valence-electron chi connectivity index (χ0n) is 9.16. The van der Waals surface area contributed by atoms with Crippen molar-refractivity contribution >= 4 is 6.01 Å². The van der Waals surface area contributed by atoms with Crippen LogP contribution in [-0.2, 0) is 0 Å². The molecule has 0 unspecified atom stereocenters. The lowest BCUT2D eigenvalue weighted by Gasteiger charge is -1.97. The molecule has 1 aromatic carbocycles. The molecule has 0 spiro atoms. The van der Waals surface area contributed by atoms with Gasteiger partial charge >= 0.3 is 0 Å². The van der Waals surface area contributed by atoms with Gasteiger partial charge in [-0.1, -0.05) is 29.8 Å². The van der Waals surface area contributed by atoms with E-state index in [1.807, 2.05) is 6.92 Å². The van der Waals surface area contributed by atoms with Crippen molar-refractivity contribution < 1.29 is 4.42 Å². The second-order valence-electron chi connectivity index (χ2n) is 3.54. The Morgan fingerprint density at radius 2 is 1.80 bits per heavy atom. The van der Waals surface area contributed by atoms with Crippen LogP contribution in [0.5, 0.6) is 0 Å². The molecule has 3 nitrogen and oxygen atoms in total. The highest BCUT2D eigenvalue weighted by atomic mass is 16.4. The first kappa shape index (κ1) is 9.77. The van der Waals surface area contributed by atoms with Gasteiger partial charge in [-0.15, -0.1) is 0 Å². The molecule has 0 bridgehead atoms. The monoisotopic (exact) mass is 202 g/mol. The molecule has 78 valence electrons. The van der Waals surface area contributed by atoms with Gasteiger partial charge in [0.25, 0.3) is 6.01 Å². The summed E-state index contributed by atoms with van der Waals surface area (Å²) in [5.41, 5.74) is 3.23. The predicted octanol–water partition coefficient (Wildman–Crippen LogP) is 3.00. The summed E-state index contributed by atoms with van der Waals surface area (Å²) < 4.78 is 5.43. The molecule has 1 heterocycles. The molecule has 0 saturated carbocycles. The molecule has 0 radical (unpaired) electrons. The molecule has 0 saturated heterocycles. The minimum Gasteiger partial charge on any atom is -0.428 e. The summed E-state index contributed by atoms with van der Waals surface area (Å²) in [6.45, 7) is 3.99. The molecule has 0 aliphatic heterocycles. The van der Waals surface area contributed by atoms with Crippen LogP contribution in [0.1, 0.15) is 11.3 Å². The van der Waals surface area contributed by atoms with Crippen LogP contribution in [-0.4, -0.2) is 12.0 Å². The highest BCUT2D eigenvalue weighted by Gasteiger charge is 2.09. The van der Waals surface area contributed by atoms with Crippen LogP contribution < -0.4 is 5.32 Å². The van der Waals surface area contributed by atoms with Gasteiger partial charge in [0.15, 0.2) is 0 Å². The lowest BCUT2D eigenvalue weighted by atomic mass is 10.1. The van der Waals surface area contributed by atoms with Crippen molar-refractivity contribution in [2.45, 2.75) is 13.8 Å². The number of hydrogen-bond acceptors (Lipinski definition) is 3. The molecule has 1 N–H and O–H groups in total. The maximum absolute atomic E-state index is 5.43. The van der Waals surface area contributed by atoms with Crippen molar-refractivity contribution in [2.75, 3.05) is 12.4 Å². The van der Waals surface area contributed by atoms with Crippen LogP contribution in [0.4, 0.5) is 6.01 Å². The Hall–Kier alpha value is -1.77. The number of oxazole rings is 1. The van der Waals surface area contributed by atoms with E-state index in [4.69, 9.17) is 4.42 Å². The van der Waals surface area contributed by atoms with Gasteiger partial charge < -0.3 is 9.73 Å². The molecule has 3 heteroatoms. The number of benzene rings is 1. The number of nitrogens with zero attached hydrogens (tertiary/aromatic N) is 1. The van der Waals surface area contributed by atoms with Crippen molar-refractivity contribution in [3.05, 3.63) is 35.6 Å². The predicted molar refractivity (Wildman–Crippen MR) is 61.0 cm³/mol. The maximum atomic E-state index is 5.43. The maximum Gasteiger partial charge on any atom is 0.295 e. The lowest BCUT2D eigenvalue weighted by molar-refractivity contribution is 0.544. The standard InChI is InChI=1S/C12H14N2O/c1-8-4-6-10(7-5-8)11-9(2)15-12(13-3)14-11/h4-7H,1-3H3,(H,13,14). The summed E-state index contributed by atoms with van der Waals surface area (Å²) in [7, 11) is 1.80. The Labute approximate surface area is 89.1 Å². The molecular formula is C12H14N2O. The van der Waals surface area contributed by atoms with E-state index >= 15 is 0 Å². The van der Waals surface area contributed by atoms with E-state index in [-0.39, 0.29) is 0 Å². The summed E-state index contributed by atoms with van der Waals surface area (Å²) in [5.74, 6) is 0.836. The summed E-state index contributed by atoms with van der Waals surface area (Å²) in [6.07, 6.45) is 0. The van der Waals surface area contributed by atoms with E-state index in [1.165, 1.54) is 5.56 Å². The average molecular weight is 202 g/mol. The van der Waals surface area contributed by atoms with E-state index in [9.17, 15) is 0 Å². The van der Waals surface area contributed by atoms with Crippen molar-refractivity contribution in [2.24, 2.45) is 0 Å². The van der Waals surface area contributed by atoms with E-state index in [1.54, 1.807) is 7.05 Å². The molecule has 2 aromatic rings. The Morgan fingerprint density at radius 3 is 2.33 bits per heavy atom. The molecule has 15 heavy (non-hydrogen) atoms. The fourth-order valence-corrected chi connectivity index (χ4v) is 1.48.